The van der Waals surface area contributed by atoms with Gasteiger partial charge in [0.15, 0.2) is 0 Å². The van der Waals surface area contributed by atoms with Gasteiger partial charge >= 0.3 is 0 Å². The van der Waals surface area contributed by atoms with Crippen LogP contribution in [0.1, 0.15) is 31.2 Å². The Morgan fingerprint density at radius 1 is 1.00 bits per heavy atom. The zero-order valence-electron chi connectivity index (χ0n) is 16.9. The number of aryl methyl sites for hydroxylation is 1. The van der Waals surface area contributed by atoms with Gasteiger partial charge in [0, 0.05) is 25.8 Å². The molecule has 0 spiro atoms. The van der Waals surface area contributed by atoms with Crippen LogP contribution in [0.3, 0.4) is 0 Å². The zero-order valence-corrected chi connectivity index (χ0v) is 20.0. The lowest BCUT2D eigenvalue weighted by Crippen LogP contribution is -2.17. The molecule has 160 valence electrons. The molecule has 0 fully saturated rings. The number of hydrazone groups is 1. The summed E-state index contributed by atoms with van der Waals surface area (Å²) in [6.07, 6.45) is 1.56. The van der Waals surface area contributed by atoms with Crippen LogP contribution in [0.2, 0.25) is 5.02 Å². The van der Waals surface area contributed by atoms with Crippen molar-refractivity contribution < 1.29 is 9.59 Å². The maximum atomic E-state index is 12.7. The van der Waals surface area contributed by atoms with Crippen LogP contribution in [-0.2, 0) is 0 Å². The smallest absolute Gasteiger partial charge is 0.271 e. The summed E-state index contributed by atoms with van der Waals surface area (Å²) < 4.78 is 1.94. The third-order valence-corrected chi connectivity index (χ3v) is 6.83. The predicted molar refractivity (Wildman–Crippen MR) is 135 cm³/mol. The predicted octanol–water partition coefficient (Wildman–Crippen LogP) is 6.64. The molecule has 4 aromatic rings. The van der Waals surface area contributed by atoms with E-state index in [0.29, 0.717) is 21.2 Å². The van der Waals surface area contributed by atoms with E-state index >= 15 is 0 Å². The van der Waals surface area contributed by atoms with Gasteiger partial charge in [-0.1, -0.05) is 51.8 Å². The highest BCUT2D eigenvalue weighted by atomic mass is 79.9. The number of halogens is 2. The Morgan fingerprint density at radius 2 is 1.72 bits per heavy atom. The average molecular weight is 527 g/mol. The highest BCUT2D eigenvalue weighted by Crippen LogP contribution is 2.36. The molecular weight excluding hydrogens is 510 g/mol. The fraction of sp³-hybridized carbons (Fsp3) is 0.0417. The van der Waals surface area contributed by atoms with Gasteiger partial charge in [-0.05, 0) is 60.5 Å². The number of amides is 2. The highest BCUT2D eigenvalue weighted by Gasteiger charge is 2.17. The molecule has 2 amide bonds. The van der Waals surface area contributed by atoms with Crippen molar-refractivity contribution in [3.63, 3.8) is 0 Å². The molecular formula is C24H17BrClN3O2S. The SMILES string of the molecule is Cc1ccc2c(Cl)c(C(=O)Nc3ccc(C(=O)N/N=C\c4ccc(Br)cc4)cc3)sc2c1. The van der Waals surface area contributed by atoms with E-state index in [1.54, 1.807) is 30.5 Å². The molecule has 1 heterocycles. The third-order valence-electron chi connectivity index (χ3n) is 4.65. The number of fused-ring (bicyclic) bond motifs is 1. The third kappa shape index (κ3) is 5.07. The van der Waals surface area contributed by atoms with Crippen molar-refractivity contribution in [3.8, 4) is 0 Å². The van der Waals surface area contributed by atoms with Crippen LogP contribution in [0.15, 0.2) is 76.3 Å². The minimum Gasteiger partial charge on any atom is -0.321 e. The Labute approximate surface area is 202 Å². The molecule has 3 aromatic carbocycles. The van der Waals surface area contributed by atoms with Gasteiger partial charge in [0.2, 0.25) is 0 Å². The number of anilines is 1. The average Bonchev–Trinajstić information content (AvgIpc) is 3.11. The highest BCUT2D eigenvalue weighted by molar-refractivity contribution is 9.10. The number of benzene rings is 3. The van der Waals surface area contributed by atoms with Gasteiger partial charge < -0.3 is 5.32 Å². The second-order valence-corrected chi connectivity index (χ2v) is 9.37. The maximum absolute atomic E-state index is 12.7. The summed E-state index contributed by atoms with van der Waals surface area (Å²) in [5.74, 6) is -0.635. The van der Waals surface area contributed by atoms with Crippen molar-refractivity contribution in [1.29, 1.82) is 0 Å². The molecule has 1 aromatic heterocycles. The summed E-state index contributed by atoms with van der Waals surface area (Å²) in [5, 5.41) is 8.11. The number of carbonyl (C=O) groups is 2. The number of thiophene rings is 1. The van der Waals surface area contributed by atoms with Crippen molar-refractivity contribution in [2.24, 2.45) is 5.10 Å². The van der Waals surface area contributed by atoms with E-state index in [0.717, 1.165) is 25.7 Å². The Hall–Kier alpha value is -3.00. The minimum absolute atomic E-state index is 0.287. The normalized spacial score (nSPS) is 11.1. The Balaban J connectivity index is 1.40. The summed E-state index contributed by atoms with van der Waals surface area (Å²) >= 11 is 11.1. The summed E-state index contributed by atoms with van der Waals surface area (Å²) in [4.78, 5) is 25.5. The fourth-order valence-electron chi connectivity index (χ4n) is 2.99. The lowest BCUT2D eigenvalue weighted by Gasteiger charge is -2.05. The molecule has 0 unspecified atom stereocenters. The van der Waals surface area contributed by atoms with Crippen LogP contribution in [0.4, 0.5) is 5.69 Å². The Kier molecular flexibility index (Phi) is 6.69. The first-order valence-electron chi connectivity index (χ1n) is 9.60. The van der Waals surface area contributed by atoms with E-state index in [9.17, 15) is 9.59 Å². The molecule has 0 saturated heterocycles. The van der Waals surface area contributed by atoms with Crippen LogP contribution in [0.5, 0.6) is 0 Å². The van der Waals surface area contributed by atoms with Crippen LogP contribution >= 0.6 is 38.9 Å². The van der Waals surface area contributed by atoms with E-state index in [4.69, 9.17) is 11.6 Å². The summed E-state index contributed by atoms with van der Waals surface area (Å²) in [5.41, 5.74) is 5.45. The van der Waals surface area contributed by atoms with Crippen molar-refractivity contribution in [1.82, 2.24) is 5.43 Å². The summed E-state index contributed by atoms with van der Waals surface area (Å²) in [6, 6.07) is 20.0. The first kappa shape index (κ1) is 22.2. The van der Waals surface area contributed by atoms with Gasteiger partial charge in [-0.15, -0.1) is 11.3 Å². The molecule has 8 heteroatoms. The standard InChI is InChI=1S/C24H17BrClN3O2S/c1-14-2-11-19-20(12-14)32-22(21(19)26)24(31)28-18-9-5-16(6-10-18)23(30)29-27-13-15-3-7-17(25)8-4-15/h2-13H,1H3,(H,28,31)(H,29,30)/b27-13-. The number of rotatable bonds is 5. The van der Waals surface area contributed by atoms with Crippen LogP contribution in [0, 0.1) is 6.92 Å². The van der Waals surface area contributed by atoms with Gasteiger partial charge in [-0.2, -0.15) is 5.10 Å². The van der Waals surface area contributed by atoms with Crippen molar-refractivity contribution in [3.05, 3.63) is 97.8 Å². The molecule has 4 rings (SSSR count). The second kappa shape index (κ2) is 9.65. The molecule has 5 nitrogen and oxygen atoms in total. The number of hydrogen-bond acceptors (Lipinski definition) is 4. The van der Waals surface area contributed by atoms with E-state index in [-0.39, 0.29) is 11.8 Å². The van der Waals surface area contributed by atoms with E-state index in [2.05, 4.69) is 31.8 Å². The fourth-order valence-corrected chi connectivity index (χ4v) is 4.76. The topological polar surface area (TPSA) is 70.6 Å². The lowest BCUT2D eigenvalue weighted by atomic mass is 10.2. The molecule has 0 atom stereocenters. The van der Waals surface area contributed by atoms with Crippen LogP contribution < -0.4 is 10.7 Å². The summed E-state index contributed by atoms with van der Waals surface area (Å²) in [7, 11) is 0. The van der Waals surface area contributed by atoms with Crippen LogP contribution in [0.25, 0.3) is 10.1 Å². The van der Waals surface area contributed by atoms with Gasteiger partial charge in [-0.25, -0.2) is 5.43 Å². The van der Waals surface area contributed by atoms with Gasteiger partial charge in [0.05, 0.1) is 11.2 Å². The quantitative estimate of drug-likeness (QED) is 0.226. The number of hydrogen-bond donors (Lipinski definition) is 2. The number of carbonyl (C=O) groups excluding carboxylic acids is 2. The van der Waals surface area contributed by atoms with E-state index in [1.165, 1.54) is 11.3 Å². The minimum atomic E-state index is -0.348. The van der Waals surface area contributed by atoms with E-state index < -0.39 is 0 Å². The molecule has 32 heavy (non-hydrogen) atoms. The van der Waals surface area contributed by atoms with Gasteiger partial charge in [0.25, 0.3) is 11.8 Å². The summed E-state index contributed by atoms with van der Waals surface area (Å²) in [6.45, 7) is 2.00. The first-order valence-corrected chi connectivity index (χ1v) is 11.6. The molecule has 0 aliphatic heterocycles. The van der Waals surface area contributed by atoms with Gasteiger partial charge in [-0.3, -0.25) is 9.59 Å². The van der Waals surface area contributed by atoms with Crippen LogP contribution in [-0.4, -0.2) is 18.0 Å². The Bertz CT molecular complexity index is 1330. The number of nitrogens with one attached hydrogen (secondary N) is 2. The monoisotopic (exact) mass is 525 g/mol. The lowest BCUT2D eigenvalue weighted by molar-refractivity contribution is 0.0954. The molecule has 0 saturated carbocycles. The molecule has 0 aliphatic rings. The maximum Gasteiger partial charge on any atom is 0.271 e. The van der Waals surface area contributed by atoms with Crippen molar-refractivity contribution >= 4 is 72.7 Å². The molecule has 0 bridgehead atoms. The van der Waals surface area contributed by atoms with E-state index in [1.807, 2.05) is 49.4 Å². The molecule has 0 radical (unpaired) electrons. The molecule has 2 N–H and O–H groups in total. The van der Waals surface area contributed by atoms with Crippen molar-refractivity contribution in [2.75, 3.05) is 5.32 Å². The second-order valence-electron chi connectivity index (χ2n) is 7.03. The Morgan fingerprint density at radius 3 is 2.44 bits per heavy atom. The number of nitrogens with zero attached hydrogens (tertiary/aromatic N) is 1. The largest absolute Gasteiger partial charge is 0.321 e. The molecule has 0 aliphatic carbocycles. The zero-order chi connectivity index (χ0) is 22.7. The van der Waals surface area contributed by atoms with Crippen molar-refractivity contribution in [2.45, 2.75) is 6.92 Å². The first-order chi connectivity index (χ1) is 15.4. The van der Waals surface area contributed by atoms with Gasteiger partial charge in [0.1, 0.15) is 4.88 Å².